The predicted octanol–water partition coefficient (Wildman–Crippen LogP) is 0.590. The SMILES string of the molecule is CC(Oc1ccccc1)C(=O)N1CCN(CCO)CC1. The maximum Gasteiger partial charge on any atom is 0.263 e. The van der Waals surface area contributed by atoms with Gasteiger partial charge in [-0.15, -0.1) is 0 Å². The number of benzene rings is 1. The zero-order valence-electron chi connectivity index (χ0n) is 11.9. The van der Waals surface area contributed by atoms with Gasteiger partial charge in [0, 0.05) is 32.7 Å². The van der Waals surface area contributed by atoms with Gasteiger partial charge in [-0.1, -0.05) is 18.2 Å². The maximum atomic E-state index is 12.3. The fourth-order valence-electron chi connectivity index (χ4n) is 2.34. The van der Waals surface area contributed by atoms with Crippen LogP contribution in [0.2, 0.25) is 0 Å². The first-order chi connectivity index (χ1) is 9.70. The molecule has 0 saturated carbocycles. The number of piperazine rings is 1. The highest BCUT2D eigenvalue weighted by Crippen LogP contribution is 2.13. The molecule has 0 aromatic heterocycles. The lowest BCUT2D eigenvalue weighted by Crippen LogP contribution is -2.52. The van der Waals surface area contributed by atoms with Crippen LogP contribution in [0.25, 0.3) is 0 Å². The molecule has 1 saturated heterocycles. The Labute approximate surface area is 119 Å². The third-order valence-corrected chi connectivity index (χ3v) is 3.50. The zero-order chi connectivity index (χ0) is 14.4. The van der Waals surface area contributed by atoms with E-state index in [9.17, 15) is 4.79 Å². The molecule has 1 aliphatic rings. The Kier molecular flexibility index (Phi) is 5.38. The van der Waals surface area contributed by atoms with E-state index >= 15 is 0 Å². The smallest absolute Gasteiger partial charge is 0.263 e. The molecule has 0 radical (unpaired) electrons. The minimum Gasteiger partial charge on any atom is -0.481 e. The fraction of sp³-hybridized carbons (Fsp3) is 0.533. The first kappa shape index (κ1) is 14.8. The predicted molar refractivity (Wildman–Crippen MR) is 76.6 cm³/mol. The van der Waals surface area contributed by atoms with Crippen molar-refractivity contribution in [2.75, 3.05) is 39.3 Å². The Bertz CT molecular complexity index is 416. The average Bonchev–Trinajstić information content (AvgIpc) is 2.48. The third kappa shape index (κ3) is 3.95. The van der Waals surface area contributed by atoms with Gasteiger partial charge < -0.3 is 14.7 Å². The van der Waals surface area contributed by atoms with E-state index in [4.69, 9.17) is 9.84 Å². The number of carbonyl (C=O) groups is 1. The molecule has 0 aliphatic carbocycles. The van der Waals surface area contributed by atoms with Crippen molar-refractivity contribution in [1.29, 1.82) is 0 Å². The highest BCUT2D eigenvalue weighted by molar-refractivity contribution is 5.81. The van der Waals surface area contributed by atoms with Crippen LogP contribution in [0.15, 0.2) is 30.3 Å². The van der Waals surface area contributed by atoms with Crippen LogP contribution in [-0.2, 0) is 4.79 Å². The summed E-state index contributed by atoms with van der Waals surface area (Å²) < 4.78 is 5.66. The molecule has 1 fully saturated rings. The summed E-state index contributed by atoms with van der Waals surface area (Å²) >= 11 is 0. The van der Waals surface area contributed by atoms with Crippen LogP contribution in [-0.4, -0.2) is 66.2 Å². The summed E-state index contributed by atoms with van der Waals surface area (Å²) in [4.78, 5) is 16.3. The van der Waals surface area contributed by atoms with Crippen LogP contribution in [0.5, 0.6) is 5.75 Å². The van der Waals surface area contributed by atoms with Crippen molar-refractivity contribution in [1.82, 2.24) is 9.80 Å². The Hall–Kier alpha value is -1.59. The van der Waals surface area contributed by atoms with E-state index in [0.717, 1.165) is 13.1 Å². The lowest BCUT2D eigenvalue weighted by molar-refractivity contribution is -0.139. The van der Waals surface area contributed by atoms with Crippen LogP contribution in [0.4, 0.5) is 0 Å². The number of carbonyl (C=O) groups excluding carboxylic acids is 1. The van der Waals surface area contributed by atoms with Crippen molar-refractivity contribution in [2.24, 2.45) is 0 Å². The number of ether oxygens (including phenoxy) is 1. The van der Waals surface area contributed by atoms with E-state index in [1.165, 1.54) is 0 Å². The second-order valence-corrected chi connectivity index (χ2v) is 4.96. The molecule has 5 nitrogen and oxygen atoms in total. The molecule has 1 aromatic rings. The van der Waals surface area contributed by atoms with E-state index in [1.807, 2.05) is 35.2 Å². The molecule has 1 heterocycles. The molecule has 1 aromatic carbocycles. The van der Waals surface area contributed by atoms with Crippen molar-refractivity contribution >= 4 is 5.91 Å². The monoisotopic (exact) mass is 278 g/mol. The van der Waals surface area contributed by atoms with Gasteiger partial charge in [0.1, 0.15) is 5.75 Å². The molecule has 0 spiro atoms. The van der Waals surface area contributed by atoms with Gasteiger partial charge in [-0.25, -0.2) is 0 Å². The number of aliphatic hydroxyl groups excluding tert-OH is 1. The molecule has 1 amide bonds. The molecular weight excluding hydrogens is 256 g/mol. The molecule has 1 unspecified atom stereocenters. The number of nitrogens with zero attached hydrogens (tertiary/aromatic N) is 2. The molecule has 110 valence electrons. The van der Waals surface area contributed by atoms with Gasteiger partial charge in [0.15, 0.2) is 6.10 Å². The minimum absolute atomic E-state index is 0.0255. The van der Waals surface area contributed by atoms with Gasteiger partial charge in [-0.2, -0.15) is 0 Å². The fourth-order valence-corrected chi connectivity index (χ4v) is 2.34. The molecule has 1 aliphatic heterocycles. The van der Waals surface area contributed by atoms with E-state index in [1.54, 1.807) is 6.92 Å². The first-order valence-corrected chi connectivity index (χ1v) is 7.04. The van der Waals surface area contributed by atoms with Gasteiger partial charge in [-0.05, 0) is 19.1 Å². The Morgan fingerprint density at radius 2 is 1.90 bits per heavy atom. The maximum absolute atomic E-state index is 12.3. The molecule has 20 heavy (non-hydrogen) atoms. The number of amides is 1. The largest absolute Gasteiger partial charge is 0.481 e. The van der Waals surface area contributed by atoms with Gasteiger partial charge in [-0.3, -0.25) is 9.69 Å². The van der Waals surface area contributed by atoms with Gasteiger partial charge in [0.05, 0.1) is 6.61 Å². The average molecular weight is 278 g/mol. The van der Waals surface area contributed by atoms with Gasteiger partial charge >= 0.3 is 0 Å². The van der Waals surface area contributed by atoms with E-state index in [-0.39, 0.29) is 12.5 Å². The lowest BCUT2D eigenvalue weighted by Gasteiger charge is -2.35. The molecule has 1 N–H and O–H groups in total. The second-order valence-electron chi connectivity index (χ2n) is 4.96. The van der Waals surface area contributed by atoms with Crippen LogP contribution in [0.3, 0.4) is 0 Å². The van der Waals surface area contributed by atoms with Crippen molar-refractivity contribution in [3.05, 3.63) is 30.3 Å². The summed E-state index contributed by atoms with van der Waals surface area (Å²) in [5.41, 5.74) is 0. The number of aliphatic hydroxyl groups is 1. The quantitative estimate of drug-likeness (QED) is 0.856. The molecule has 1 atom stereocenters. The van der Waals surface area contributed by atoms with Crippen molar-refractivity contribution in [2.45, 2.75) is 13.0 Å². The molecule has 2 rings (SSSR count). The number of hydrogen-bond acceptors (Lipinski definition) is 4. The van der Waals surface area contributed by atoms with E-state index < -0.39 is 6.10 Å². The van der Waals surface area contributed by atoms with Gasteiger partial charge in [0.2, 0.25) is 0 Å². The highest BCUT2D eigenvalue weighted by atomic mass is 16.5. The number of hydrogen-bond donors (Lipinski definition) is 1. The second kappa shape index (κ2) is 7.26. The van der Waals surface area contributed by atoms with Crippen LogP contribution in [0.1, 0.15) is 6.92 Å². The standard InChI is InChI=1S/C15H22N2O3/c1-13(20-14-5-3-2-4-6-14)15(19)17-9-7-16(8-10-17)11-12-18/h2-6,13,18H,7-12H2,1H3. The Balaban J connectivity index is 1.82. The number of β-amino-alcohol motifs (C(OH)–C–C–N with tert-alkyl or cyclic N) is 1. The summed E-state index contributed by atoms with van der Waals surface area (Å²) in [6.45, 7) is 5.65. The van der Waals surface area contributed by atoms with Crippen LogP contribution >= 0.6 is 0 Å². The summed E-state index contributed by atoms with van der Waals surface area (Å²) in [6, 6.07) is 9.39. The topological polar surface area (TPSA) is 53.0 Å². The molecule has 0 bridgehead atoms. The van der Waals surface area contributed by atoms with Gasteiger partial charge in [0.25, 0.3) is 5.91 Å². The van der Waals surface area contributed by atoms with E-state index in [0.29, 0.717) is 25.4 Å². The third-order valence-electron chi connectivity index (χ3n) is 3.50. The van der Waals surface area contributed by atoms with Crippen molar-refractivity contribution < 1.29 is 14.6 Å². The summed E-state index contributed by atoms with van der Waals surface area (Å²) in [5.74, 6) is 0.741. The summed E-state index contributed by atoms with van der Waals surface area (Å²) in [7, 11) is 0. The minimum atomic E-state index is -0.471. The lowest BCUT2D eigenvalue weighted by atomic mass is 10.2. The first-order valence-electron chi connectivity index (χ1n) is 7.04. The Morgan fingerprint density at radius 3 is 2.50 bits per heavy atom. The summed E-state index contributed by atoms with van der Waals surface area (Å²) in [6.07, 6.45) is -0.471. The van der Waals surface area contributed by atoms with Crippen LogP contribution < -0.4 is 4.74 Å². The Morgan fingerprint density at radius 1 is 1.25 bits per heavy atom. The molecule has 5 heteroatoms. The highest BCUT2D eigenvalue weighted by Gasteiger charge is 2.25. The molecular formula is C15H22N2O3. The number of rotatable bonds is 5. The van der Waals surface area contributed by atoms with E-state index in [2.05, 4.69) is 4.90 Å². The number of para-hydroxylation sites is 1. The zero-order valence-corrected chi connectivity index (χ0v) is 11.9. The summed E-state index contributed by atoms with van der Waals surface area (Å²) in [5, 5.41) is 8.90. The van der Waals surface area contributed by atoms with Crippen molar-refractivity contribution in [3.8, 4) is 5.75 Å². The normalized spacial score (nSPS) is 17.8. The van der Waals surface area contributed by atoms with Crippen LogP contribution in [0, 0.1) is 0 Å². The van der Waals surface area contributed by atoms with Crippen molar-refractivity contribution in [3.63, 3.8) is 0 Å².